The minimum absolute atomic E-state index is 0.205. The predicted molar refractivity (Wildman–Crippen MR) is 286 cm³/mol. The van der Waals surface area contributed by atoms with Crippen molar-refractivity contribution < 1.29 is 38.2 Å². The maximum absolute atomic E-state index is 14.6. The van der Waals surface area contributed by atoms with Gasteiger partial charge in [0.05, 0.1) is 36.6 Å². The van der Waals surface area contributed by atoms with E-state index in [0.29, 0.717) is 58.7 Å². The van der Waals surface area contributed by atoms with Gasteiger partial charge in [-0.2, -0.15) is 0 Å². The number of fused-ring (bicyclic) bond motifs is 1. The molecule has 0 radical (unpaired) electrons. The minimum atomic E-state index is -0.945. The molecule has 0 aliphatic carbocycles. The van der Waals surface area contributed by atoms with Gasteiger partial charge in [-0.1, -0.05) is 63.9 Å². The van der Waals surface area contributed by atoms with Crippen molar-refractivity contribution in [1.82, 2.24) is 40.0 Å². The van der Waals surface area contributed by atoms with Crippen LogP contribution in [-0.2, 0) is 57.6 Å². The number of benzene rings is 2. The van der Waals surface area contributed by atoms with Crippen LogP contribution in [-0.4, -0.2) is 151 Å². The Morgan fingerprint density at radius 1 is 1.01 bits per heavy atom. The summed E-state index contributed by atoms with van der Waals surface area (Å²) in [5.41, 5.74) is 10.1. The lowest BCUT2D eigenvalue weighted by Gasteiger charge is -2.35. The van der Waals surface area contributed by atoms with Crippen molar-refractivity contribution >= 4 is 40.5 Å². The molecule has 0 bridgehead atoms. The SMILES string of the molecule is CCn1c(-c2cccnc2[C@H](C)OC)c(CC(C)(C)COC(C)=O)c2cc(-c3cccc(C[C@H](NC(=O)C(C(C)C)N(C)C(=O)[C@H]4CCN(C(=O)C#C[C@@]5(N(C)C)CCOC5)C4)C(=O)N4CCCCN4)c3)ccc21. The maximum Gasteiger partial charge on any atom is 0.302 e. The number of pyridine rings is 1. The number of likely N-dealkylation sites (tertiary alicyclic amines) is 1. The van der Waals surface area contributed by atoms with Crippen LogP contribution in [0.2, 0.25) is 0 Å². The van der Waals surface area contributed by atoms with Crippen LogP contribution in [0.1, 0.15) is 97.1 Å². The van der Waals surface area contributed by atoms with Crippen LogP contribution in [0.4, 0.5) is 0 Å². The number of nitrogens with zero attached hydrogens (tertiary/aromatic N) is 6. The van der Waals surface area contributed by atoms with Gasteiger partial charge in [-0.15, -0.1) is 0 Å². The summed E-state index contributed by atoms with van der Waals surface area (Å²) in [5, 5.41) is 5.80. The zero-order chi connectivity index (χ0) is 53.5. The van der Waals surface area contributed by atoms with Crippen molar-refractivity contribution in [1.29, 1.82) is 0 Å². The molecule has 4 aromatic rings. The highest BCUT2D eigenvalue weighted by molar-refractivity contribution is 5.97. The second kappa shape index (κ2) is 24.0. The number of aryl methyl sites for hydroxylation is 1. The monoisotopic (exact) mass is 1010 g/mol. The first-order chi connectivity index (χ1) is 35.3. The van der Waals surface area contributed by atoms with Crippen LogP contribution in [0.5, 0.6) is 0 Å². The third-order valence-corrected chi connectivity index (χ3v) is 15.1. The Morgan fingerprint density at radius 3 is 2.45 bits per heavy atom. The number of hydrazine groups is 1. The zero-order valence-electron chi connectivity index (χ0n) is 45.5. The molecule has 1 unspecified atom stereocenters. The number of carbonyl (C=O) groups excluding carboxylic acids is 5. The van der Waals surface area contributed by atoms with E-state index in [4.69, 9.17) is 19.2 Å². The molecule has 4 amide bonds. The first-order valence-corrected chi connectivity index (χ1v) is 26.3. The molecule has 7 rings (SSSR count). The number of methoxy groups -OCH3 is 1. The summed E-state index contributed by atoms with van der Waals surface area (Å²) in [6.07, 6.45) is 5.26. The van der Waals surface area contributed by atoms with E-state index in [-0.39, 0.29) is 55.3 Å². The Balaban J connectivity index is 1.16. The van der Waals surface area contributed by atoms with E-state index in [1.807, 2.05) is 58.0 Å². The molecule has 2 aromatic heterocycles. The molecule has 2 aromatic carbocycles. The quantitative estimate of drug-likeness (QED) is 0.0832. The largest absolute Gasteiger partial charge is 0.465 e. The van der Waals surface area contributed by atoms with Gasteiger partial charge in [-0.25, -0.2) is 5.43 Å². The Hall–Kier alpha value is -6.12. The number of nitrogens with one attached hydrogen (secondary N) is 2. The number of esters is 1. The molecular weight excluding hydrogens is 937 g/mol. The Bertz CT molecular complexity index is 2740. The fraction of sp³-hybridized carbons (Fsp3) is 0.552. The van der Waals surface area contributed by atoms with Gasteiger partial charge in [0.2, 0.25) is 11.8 Å². The van der Waals surface area contributed by atoms with Gasteiger partial charge in [0.15, 0.2) is 0 Å². The molecule has 0 spiro atoms. The van der Waals surface area contributed by atoms with Crippen molar-refractivity contribution in [2.75, 3.05) is 74.3 Å². The van der Waals surface area contributed by atoms with E-state index in [0.717, 1.165) is 62.9 Å². The lowest BCUT2D eigenvalue weighted by atomic mass is 9.84. The topological polar surface area (TPSA) is 168 Å². The van der Waals surface area contributed by atoms with Gasteiger partial charge in [-0.05, 0) is 112 Å². The number of hydrogen-bond acceptors (Lipinski definition) is 11. The molecule has 3 fully saturated rings. The van der Waals surface area contributed by atoms with Crippen molar-refractivity contribution in [2.24, 2.45) is 17.3 Å². The Labute approximate surface area is 437 Å². The molecule has 0 saturated carbocycles. The third-order valence-electron chi connectivity index (χ3n) is 15.1. The molecule has 3 aliphatic heterocycles. The van der Waals surface area contributed by atoms with Crippen molar-refractivity contribution in [2.45, 2.75) is 117 Å². The van der Waals surface area contributed by atoms with Gasteiger partial charge in [0, 0.05) is 101 Å². The zero-order valence-corrected chi connectivity index (χ0v) is 45.5. The van der Waals surface area contributed by atoms with E-state index in [9.17, 15) is 24.0 Å². The first kappa shape index (κ1) is 55.6. The maximum atomic E-state index is 14.6. The van der Waals surface area contributed by atoms with Gasteiger partial charge in [0.1, 0.15) is 17.6 Å². The molecule has 2 N–H and O–H groups in total. The number of ether oxygens (including phenoxy) is 3. The van der Waals surface area contributed by atoms with Crippen LogP contribution in [0.15, 0.2) is 60.8 Å². The number of likely N-dealkylation sites (N-methyl/N-ethyl adjacent to an activating group) is 2. The van der Waals surface area contributed by atoms with E-state index in [2.05, 4.69) is 84.3 Å². The first-order valence-electron chi connectivity index (χ1n) is 26.3. The average molecular weight is 1020 g/mol. The highest BCUT2D eigenvalue weighted by Gasteiger charge is 2.40. The summed E-state index contributed by atoms with van der Waals surface area (Å²) >= 11 is 0. The molecular formula is C58H78N8O8. The van der Waals surface area contributed by atoms with Crippen LogP contribution in [0.25, 0.3) is 33.3 Å². The number of rotatable bonds is 18. The van der Waals surface area contributed by atoms with Gasteiger partial charge < -0.3 is 33.9 Å². The van der Waals surface area contributed by atoms with E-state index in [1.54, 1.807) is 30.3 Å². The summed E-state index contributed by atoms with van der Waals surface area (Å²) in [4.78, 5) is 78.6. The number of carbonyl (C=O) groups is 5. The highest BCUT2D eigenvalue weighted by Crippen LogP contribution is 2.42. The van der Waals surface area contributed by atoms with Gasteiger partial charge >= 0.3 is 5.97 Å². The predicted octanol–water partition coefficient (Wildman–Crippen LogP) is 6.44. The third kappa shape index (κ3) is 12.5. The standard InChI is InChI=1S/C58H78N8O8/c1-12-65-49-21-20-43(33-46(49)47(34-57(6,7)36-74-40(5)67)53(65)45-19-16-26-59-51(45)39(4)72-11)42-18-15-17-41(31-42)32-48(56(71)66-28-14-13-27-60-66)61-54(69)52(38(2)3)63(10)55(70)44-23-29-64(35-44)50(68)22-24-58(62(8)9)25-30-73-37-58/h15-21,26,31,33,38-39,44,48,52,60H,12-14,23,25,27-30,32,34-37H2,1-11H3,(H,61,69)/t39-,44-,48-,52?,58+/m0/s1. The summed E-state index contributed by atoms with van der Waals surface area (Å²) in [6.45, 7) is 17.3. The molecule has 5 heterocycles. The smallest absolute Gasteiger partial charge is 0.302 e. The molecule has 398 valence electrons. The summed E-state index contributed by atoms with van der Waals surface area (Å²) in [6, 6.07) is 16.8. The molecule has 3 saturated heterocycles. The lowest BCUT2D eigenvalue weighted by Crippen LogP contribution is -2.59. The number of amides is 4. The van der Waals surface area contributed by atoms with E-state index >= 15 is 0 Å². The van der Waals surface area contributed by atoms with Crippen molar-refractivity contribution in [3.63, 3.8) is 0 Å². The number of aromatic nitrogens is 2. The summed E-state index contributed by atoms with van der Waals surface area (Å²) in [5.74, 6) is 3.65. The molecule has 3 aliphatic rings. The van der Waals surface area contributed by atoms with E-state index in [1.165, 1.54) is 11.8 Å². The van der Waals surface area contributed by atoms with Crippen LogP contribution in [0.3, 0.4) is 0 Å². The van der Waals surface area contributed by atoms with Gasteiger partial charge in [-0.3, -0.25) is 38.9 Å². The average Bonchev–Trinajstić information content (AvgIpc) is 4.16. The molecule has 74 heavy (non-hydrogen) atoms. The number of hydrogen-bond donors (Lipinski definition) is 2. The molecule has 16 heteroatoms. The van der Waals surface area contributed by atoms with Gasteiger partial charge in [0.25, 0.3) is 11.8 Å². The van der Waals surface area contributed by atoms with Crippen LogP contribution < -0.4 is 10.7 Å². The summed E-state index contributed by atoms with van der Waals surface area (Å²) in [7, 11) is 7.18. The fourth-order valence-corrected chi connectivity index (χ4v) is 10.8. The van der Waals surface area contributed by atoms with E-state index < -0.39 is 34.9 Å². The van der Waals surface area contributed by atoms with Crippen LogP contribution >= 0.6 is 0 Å². The normalized spacial score (nSPS) is 19.3. The minimum Gasteiger partial charge on any atom is -0.465 e. The highest BCUT2D eigenvalue weighted by atomic mass is 16.5. The summed E-state index contributed by atoms with van der Waals surface area (Å²) < 4.78 is 19.4. The Kier molecular flexibility index (Phi) is 18.1. The fourth-order valence-electron chi connectivity index (χ4n) is 10.8. The second-order valence-electron chi connectivity index (χ2n) is 21.7. The molecule has 16 nitrogen and oxygen atoms in total. The Morgan fingerprint density at radius 2 is 1.78 bits per heavy atom. The van der Waals surface area contributed by atoms with Crippen LogP contribution in [0, 0.1) is 29.1 Å². The molecule has 5 atom stereocenters. The van der Waals surface area contributed by atoms with Crippen molar-refractivity contribution in [3.8, 4) is 34.2 Å². The second-order valence-corrected chi connectivity index (χ2v) is 21.7. The van der Waals surface area contributed by atoms with Crippen molar-refractivity contribution in [3.05, 3.63) is 77.6 Å². The lowest BCUT2D eigenvalue weighted by molar-refractivity contribution is -0.146.